The summed E-state index contributed by atoms with van der Waals surface area (Å²) < 4.78 is 0. The van der Waals surface area contributed by atoms with E-state index in [0.29, 0.717) is 18.6 Å². The minimum absolute atomic E-state index is 0.483. The van der Waals surface area contributed by atoms with E-state index in [4.69, 9.17) is 10.7 Å². The van der Waals surface area contributed by atoms with Gasteiger partial charge in [-0.2, -0.15) is 0 Å². The summed E-state index contributed by atoms with van der Waals surface area (Å²) in [5.74, 6) is 1.08. The molecule has 0 aliphatic carbocycles. The minimum atomic E-state index is 0.483. The van der Waals surface area contributed by atoms with Crippen molar-refractivity contribution in [3.63, 3.8) is 0 Å². The molecule has 0 spiro atoms. The monoisotopic (exact) mass is 284 g/mol. The number of rotatable bonds is 2. The van der Waals surface area contributed by atoms with Gasteiger partial charge in [-0.05, 0) is 32.3 Å². The molecule has 4 nitrogen and oxygen atoms in total. The summed E-state index contributed by atoms with van der Waals surface area (Å²) in [5, 5.41) is 2.45. The number of hydrogen-bond acceptors (Lipinski definition) is 4. The van der Waals surface area contributed by atoms with Crippen molar-refractivity contribution in [3.8, 4) is 0 Å². The van der Waals surface area contributed by atoms with Gasteiger partial charge in [-0.15, -0.1) is 0 Å². The van der Waals surface area contributed by atoms with E-state index >= 15 is 0 Å². The van der Waals surface area contributed by atoms with Crippen LogP contribution >= 0.6 is 0 Å². The molecular weight excluding hydrogens is 260 g/mol. The molecule has 0 radical (unpaired) electrons. The fourth-order valence-electron chi connectivity index (χ4n) is 3.16. The first kappa shape index (κ1) is 14.3. The number of anilines is 1. The Hall–Kier alpha value is -1.65. The number of likely N-dealkylation sites (N-methyl/N-ethyl adjacent to an activating group) is 1. The highest BCUT2D eigenvalue weighted by molar-refractivity contribution is 5.92. The van der Waals surface area contributed by atoms with Gasteiger partial charge in [-0.3, -0.25) is 4.90 Å². The molecule has 2 heterocycles. The van der Waals surface area contributed by atoms with Crippen LogP contribution in [0.4, 0.5) is 5.82 Å². The fraction of sp³-hybridized carbons (Fsp3) is 0.471. The van der Waals surface area contributed by atoms with Gasteiger partial charge in [0.25, 0.3) is 0 Å². The molecule has 1 fully saturated rings. The van der Waals surface area contributed by atoms with Crippen molar-refractivity contribution in [3.05, 3.63) is 36.0 Å². The Bertz CT molecular complexity index is 628. The number of hydrogen-bond donors (Lipinski definition) is 1. The molecule has 2 atom stereocenters. The third-order valence-electron chi connectivity index (χ3n) is 4.64. The Morgan fingerprint density at radius 3 is 2.52 bits per heavy atom. The summed E-state index contributed by atoms with van der Waals surface area (Å²) in [5.41, 5.74) is 6.79. The van der Waals surface area contributed by atoms with Crippen molar-refractivity contribution >= 4 is 16.6 Å². The van der Waals surface area contributed by atoms with Crippen LogP contribution in [-0.2, 0) is 6.54 Å². The third-order valence-corrected chi connectivity index (χ3v) is 4.64. The van der Waals surface area contributed by atoms with E-state index in [1.54, 1.807) is 0 Å². The molecule has 2 N–H and O–H groups in total. The quantitative estimate of drug-likeness (QED) is 0.918. The molecule has 0 saturated carbocycles. The fourth-order valence-corrected chi connectivity index (χ4v) is 3.16. The topological polar surface area (TPSA) is 45.4 Å². The first-order chi connectivity index (χ1) is 10.1. The molecule has 1 aromatic heterocycles. The zero-order chi connectivity index (χ0) is 15.0. The van der Waals surface area contributed by atoms with E-state index < -0.39 is 0 Å². The molecule has 1 aliphatic rings. The molecule has 21 heavy (non-hydrogen) atoms. The van der Waals surface area contributed by atoms with Crippen LogP contribution in [0.15, 0.2) is 30.3 Å². The average Bonchev–Trinajstić information content (AvgIpc) is 2.51. The lowest BCUT2D eigenvalue weighted by Gasteiger charge is -2.43. The second-order valence-electron chi connectivity index (χ2n) is 6.13. The number of nitrogens with zero attached hydrogens (tertiary/aromatic N) is 3. The van der Waals surface area contributed by atoms with Crippen LogP contribution in [0.5, 0.6) is 0 Å². The van der Waals surface area contributed by atoms with E-state index in [-0.39, 0.29) is 0 Å². The highest BCUT2D eigenvalue weighted by atomic mass is 15.3. The smallest absolute Gasteiger partial charge is 0.136 e. The van der Waals surface area contributed by atoms with Crippen molar-refractivity contribution in [2.24, 2.45) is 5.73 Å². The molecule has 3 rings (SSSR count). The molecule has 112 valence electrons. The third kappa shape index (κ3) is 2.61. The highest BCUT2D eigenvalue weighted by Gasteiger charge is 2.28. The Morgan fingerprint density at radius 2 is 1.86 bits per heavy atom. The first-order valence-electron chi connectivity index (χ1n) is 7.65. The highest BCUT2D eigenvalue weighted by Crippen LogP contribution is 2.28. The maximum absolute atomic E-state index is 5.83. The van der Waals surface area contributed by atoms with Crippen LogP contribution in [0.25, 0.3) is 10.8 Å². The Balaban J connectivity index is 2.07. The predicted octanol–water partition coefficient (Wildman–Crippen LogP) is 2.22. The van der Waals surface area contributed by atoms with Crippen molar-refractivity contribution in [2.45, 2.75) is 32.5 Å². The summed E-state index contributed by atoms with van der Waals surface area (Å²) in [6, 6.07) is 11.6. The van der Waals surface area contributed by atoms with Crippen LogP contribution in [0.2, 0.25) is 0 Å². The largest absolute Gasteiger partial charge is 0.353 e. The van der Waals surface area contributed by atoms with Gasteiger partial charge in [0, 0.05) is 37.1 Å². The minimum Gasteiger partial charge on any atom is -0.353 e. The zero-order valence-electron chi connectivity index (χ0n) is 13.1. The maximum Gasteiger partial charge on any atom is 0.136 e. The SMILES string of the molecule is CC1CN(c2nc(CN)cc3ccccc23)CC(C)N1C. The lowest BCUT2D eigenvalue weighted by atomic mass is 10.1. The van der Waals surface area contributed by atoms with Crippen molar-refractivity contribution in [2.75, 3.05) is 25.0 Å². The molecule has 1 aromatic carbocycles. The van der Waals surface area contributed by atoms with E-state index in [1.165, 1.54) is 10.8 Å². The van der Waals surface area contributed by atoms with Gasteiger partial charge < -0.3 is 10.6 Å². The van der Waals surface area contributed by atoms with E-state index in [2.05, 4.69) is 61.0 Å². The van der Waals surface area contributed by atoms with E-state index in [0.717, 1.165) is 24.6 Å². The van der Waals surface area contributed by atoms with Gasteiger partial charge in [0.1, 0.15) is 5.82 Å². The van der Waals surface area contributed by atoms with Gasteiger partial charge in [0.05, 0.1) is 5.69 Å². The number of aromatic nitrogens is 1. The van der Waals surface area contributed by atoms with Crippen LogP contribution in [-0.4, -0.2) is 42.1 Å². The van der Waals surface area contributed by atoms with Crippen molar-refractivity contribution in [1.29, 1.82) is 0 Å². The second-order valence-corrected chi connectivity index (χ2v) is 6.13. The average molecular weight is 284 g/mol. The van der Waals surface area contributed by atoms with E-state index in [9.17, 15) is 0 Å². The molecular formula is C17H24N4. The number of fused-ring (bicyclic) bond motifs is 1. The predicted molar refractivity (Wildman–Crippen MR) is 88.5 cm³/mol. The summed E-state index contributed by atoms with van der Waals surface area (Å²) in [6.45, 7) is 7.05. The molecule has 1 saturated heterocycles. The molecule has 0 amide bonds. The molecule has 4 heteroatoms. The normalized spacial score (nSPS) is 23.7. The molecule has 0 bridgehead atoms. The lowest BCUT2D eigenvalue weighted by Crippen LogP contribution is -2.55. The van der Waals surface area contributed by atoms with Gasteiger partial charge in [0.2, 0.25) is 0 Å². The Morgan fingerprint density at radius 1 is 1.19 bits per heavy atom. The zero-order valence-corrected chi connectivity index (χ0v) is 13.1. The van der Waals surface area contributed by atoms with Crippen LogP contribution in [0.1, 0.15) is 19.5 Å². The lowest BCUT2D eigenvalue weighted by molar-refractivity contribution is 0.170. The molecule has 1 aliphatic heterocycles. The van der Waals surface area contributed by atoms with Crippen LogP contribution < -0.4 is 10.6 Å². The van der Waals surface area contributed by atoms with Gasteiger partial charge in [-0.25, -0.2) is 4.98 Å². The Kier molecular flexibility index (Phi) is 3.83. The van der Waals surface area contributed by atoms with Gasteiger partial charge in [-0.1, -0.05) is 24.3 Å². The summed E-state index contributed by atoms with van der Waals surface area (Å²) in [4.78, 5) is 9.67. The van der Waals surface area contributed by atoms with Crippen LogP contribution in [0.3, 0.4) is 0 Å². The number of nitrogens with two attached hydrogens (primary N) is 1. The number of benzene rings is 1. The number of pyridine rings is 1. The van der Waals surface area contributed by atoms with Crippen molar-refractivity contribution in [1.82, 2.24) is 9.88 Å². The molecule has 2 unspecified atom stereocenters. The van der Waals surface area contributed by atoms with Crippen molar-refractivity contribution < 1.29 is 0 Å². The van der Waals surface area contributed by atoms with E-state index in [1.807, 2.05) is 0 Å². The van der Waals surface area contributed by atoms with Gasteiger partial charge >= 0.3 is 0 Å². The second kappa shape index (κ2) is 5.62. The Labute approximate surface area is 126 Å². The number of piperazine rings is 1. The van der Waals surface area contributed by atoms with Gasteiger partial charge in [0.15, 0.2) is 0 Å². The summed E-state index contributed by atoms with van der Waals surface area (Å²) in [6.07, 6.45) is 0. The standard InChI is InChI=1S/C17H24N4/c1-12-10-21(11-13(2)20(12)3)17-16-7-5-4-6-14(16)8-15(9-18)19-17/h4-8,12-13H,9-11,18H2,1-3H3. The first-order valence-corrected chi connectivity index (χ1v) is 7.65. The van der Waals surface area contributed by atoms with Crippen LogP contribution in [0, 0.1) is 0 Å². The maximum atomic E-state index is 5.83. The summed E-state index contributed by atoms with van der Waals surface area (Å²) in [7, 11) is 2.20. The molecule has 2 aromatic rings. The summed E-state index contributed by atoms with van der Waals surface area (Å²) >= 11 is 0.